The lowest BCUT2D eigenvalue weighted by atomic mass is 10.2. The van der Waals surface area contributed by atoms with E-state index in [0.717, 1.165) is 37.4 Å². The topological polar surface area (TPSA) is 62.3 Å². The van der Waals surface area contributed by atoms with Crippen molar-refractivity contribution < 1.29 is 9.59 Å². The Morgan fingerprint density at radius 3 is 2.59 bits per heavy atom. The lowest BCUT2D eigenvalue weighted by Crippen LogP contribution is -2.34. The maximum Gasteiger partial charge on any atom is 0.223 e. The van der Waals surface area contributed by atoms with Crippen LogP contribution in [-0.4, -0.2) is 34.8 Å². The molecule has 0 spiro atoms. The monoisotopic (exact) mass is 323 g/mol. The van der Waals surface area contributed by atoms with E-state index in [4.69, 9.17) is 0 Å². The zero-order valence-corrected chi connectivity index (χ0v) is 14.0. The Morgan fingerprint density at radius 2 is 2.00 bits per heavy atom. The third-order valence-electron chi connectivity index (χ3n) is 4.02. The van der Waals surface area contributed by atoms with Gasteiger partial charge in [0.2, 0.25) is 11.8 Å². The minimum absolute atomic E-state index is 0.0409. The largest absolute Gasteiger partial charge is 0.347 e. The van der Waals surface area contributed by atoms with Gasteiger partial charge in [-0.1, -0.05) is 19.8 Å². The van der Waals surface area contributed by atoms with Crippen molar-refractivity contribution in [2.75, 3.05) is 13.1 Å². The number of likely N-dealkylation sites (tertiary alicyclic amines) is 1. The van der Waals surface area contributed by atoms with E-state index in [2.05, 4.69) is 10.3 Å². The molecule has 1 atom stereocenters. The first-order chi connectivity index (χ1) is 10.7. The van der Waals surface area contributed by atoms with Crippen molar-refractivity contribution in [3.05, 3.63) is 16.6 Å². The molecule has 0 bridgehead atoms. The minimum Gasteiger partial charge on any atom is -0.347 e. The van der Waals surface area contributed by atoms with Crippen molar-refractivity contribution in [1.82, 2.24) is 15.2 Å². The number of amides is 2. The Morgan fingerprint density at radius 1 is 1.27 bits per heavy atom. The van der Waals surface area contributed by atoms with Crippen LogP contribution in [-0.2, 0) is 9.59 Å². The molecule has 1 aromatic rings. The van der Waals surface area contributed by atoms with Crippen LogP contribution in [0.15, 0.2) is 11.6 Å². The van der Waals surface area contributed by atoms with Gasteiger partial charge >= 0.3 is 0 Å². The first-order valence-corrected chi connectivity index (χ1v) is 9.05. The van der Waals surface area contributed by atoms with Crippen LogP contribution in [0.5, 0.6) is 0 Å². The molecule has 1 fully saturated rings. The number of hydrogen-bond acceptors (Lipinski definition) is 4. The molecule has 0 aliphatic carbocycles. The number of rotatable bonds is 6. The first kappa shape index (κ1) is 16.9. The highest BCUT2D eigenvalue weighted by molar-refractivity contribution is 7.09. The standard InChI is InChI=1S/C16H25N3O2S/c1-2-13(16-17-9-12-22-16)18-14(20)7-8-15(21)19-10-5-3-4-6-11-19/h9,12-13H,2-8,10-11H2,1H3,(H,18,20)/t13-/m0/s1. The fourth-order valence-corrected chi connectivity index (χ4v) is 3.48. The SMILES string of the molecule is CC[C@H](NC(=O)CCC(=O)N1CCCCCC1)c1nccs1. The Labute approximate surface area is 136 Å². The van der Waals surface area contributed by atoms with Crippen molar-refractivity contribution >= 4 is 23.2 Å². The summed E-state index contributed by atoms with van der Waals surface area (Å²) < 4.78 is 0. The summed E-state index contributed by atoms with van der Waals surface area (Å²) in [5, 5.41) is 5.81. The Balaban J connectivity index is 1.75. The average Bonchev–Trinajstić information content (AvgIpc) is 2.92. The second-order valence-electron chi connectivity index (χ2n) is 5.69. The van der Waals surface area contributed by atoms with Gasteiger partial charge in [-0.25, -0.2) is 4.98 Å². The Hall–Kier alpha value is -1.43. The minimum atomic E-state index is -0.0646. The summed E-state index contributed by atoms with van der Waals surface area (Å²) in [5.41, 5.74) is 0. The fourth-order valence-electron chi connectivity index (χ4n) is 2.71. The molecule has 1 aliphatic heterocycles. The summed E-state index contributed by atoms with van der Waals surface area (Å²) >= 11 is 1.55. The normalized spacial score (nSPS) is 16.9. The van der Waals surface area contributed by atoms with Crippen LogP contribution >= 0.6 is 11.3 Å². The van der Waals surface area contributed by atoms with E-state index in [1.54, 1.807) is 17.5 Å². The zero-order chi connectivity index (χ0) is 15.8. The van der Waals surface area contributed by atoms with E-state index < -0.39 is 0 Å². The predicted molar refractivity (Wildman–Crippen MR) is 87.6 cm³/mol. The van der Waals surface area contributed by atoms with Crippen LogP contribution in [0, 0.1) is 0 Å². The summed E-state index contributed by atoms with van der Waals surface area (Å²) in [4.78, 5) is 30.4. The molecule has 1 aromatic heterocycles. The molecule has 5 nitrogen and oxygen atoms in total. The maximum absolute atomic E-state index is 12.2. The molecule has 0 radical (unpaired) electrons. The van der Waals surface area contributed by atoms with Crippen LogP contribution in [0.2, 0.25) is 0 Å². The van der Waals surface area contributed by atoms with Crippen LogP contribution < -0.4 is 5.32 Å². The van der Waals surface area contributed by atoms with E-state index >= 15 is 0 Å². The van der Waals surface area contributed by atoms with E-state index in [1.807, 2.05) is 17.2 Å². The van der Waals surface area contributed by atoms with E-state index in [0.29, 0.717) is 6.42 Å². The molecule has 0 saturated carbocycles. The molecule has 1 saturated heterocycles. The van der Waals surface area contributed by atoms with Crippen molar-refractivity contribution in [2.45, 2.75) is 57.9 Å². The number of aromatic nitrogens is 1. The lowest BCUT2D eigenvalue weighted by molar-refractivity contribution is -0.133. The van der Waals surface area contributed by atoms with Crippen molar-refractivity contribution in [3.8, 4) is 0 Å². The highest BCUT2D eigenvalue weighted by atomic mass is 32.1. The zero-order valence-electron chi connectivity index (χ0n) is 13.2. The number of nitrogens with zero attached hydrogens (tertiary/aromatic N) is 2. The van der Waals surface area contributed by atoms with Crippen LogP contribution in [0.1, 0.15) is 62.9 Å². The summed E-state index contributed by atoms with van der Waals surface area (Å²) in [6.45, 7) is 3.71. The summed E-state index contributed by atoms with van der Waals surface area (Å²) in [6.07, 6.45) is 7.70. The van der Waals surface area contributed by atoms with Crippen LogP contribution in [0.25, 0.3) is 0 Å². The molecular formula is C16H25N3O2S. The second-order valence-corrected chi connectivity index (χ2v) is 6.62. The van der Waals surface area contributed by atoms with E-state index in [-0.39, 0.29) is 24.3 Å². The molecule has 1 aliphatic rings. The van der Waals surface area contributed by atoms with Gasteiger partial charge in [-0.05, 0) is 19.3 Å². The molecular weight excluding hydrogens is 298 g/mol. The highest BCUT2D eigenvalue weighted by Gasteiger charge is 2.18. The van der Waals surface area contributed by atoms with Gasteiger partial charge in [-0.15, -0.1) is 11.3 Å². The molecule has 122 valence electrons. The molecule has 22 heavy (non-hydrogen) atoms. The number of carbonyl (C=O) groups excluding carboxylic acids is 2. The molecule has 1 N–H and O–H groups in total. The second kappa shape index (κ2) is 8.88. The van der Waals surface area contributed by atoms with Gasteiger partial charge in [0.25, 0.3) is 0 Å². The quantitative estimate of drug-likeness (QED) is 0.875. The molecule has 0 aromatic carbocycles. The van der Waals surface area contributed by atoms with Gasteiger partial charge in [0.15, 0.2) is 0 Å². The van der Waals surface area contributed by atoms with Gasteiger partial charge in [-0.2, -0.15) is 0 Å². The highest BCUT2D eigenvalue weighted by Crippen LogP contribution is 2.19. The Kier molecular flexibility index (Phi) is 6.83. The van der Waals surface area contributed by atoms with Gasteiger partial charge in [0, 0.05) is 37.5 Å². The van der Waals surface area contributed by atoms with Gasteiger partial charge in [0.05, 0.1) is 6.04 Å². The number of nitrogens with one attached hydrogen (secondary N) is 1. The Bertz CT molecular complexity index is 468. The molecule has 2 heterocycles. The van der Waals surface area contributed by atoms with Crippen molar-refractivity contribution in [3.63, 3.8) is 0 Å². The smallest absolute Gasteiger partial charge is 0.223 e. The van der Waals surface area contributed by atoms with Gasteiger partial charge < -0.3 is 10.2 Å². The van der Waals surface area contributed by atoms with Crippen molar-refractivity contribution in [1.29, 1.82) is 0 Å². The lowest BCUT2D eigenvalue weighted by Gasteiger charge is -2.20. The molecule has 6 heteroatoms. The molecule has 0 unspecified atom stereocenters. The number of hydrogen-bond donors (Lipinski definition) is 1. The molecule has 2 amide bonds. The summed E-state index contributed by atoms with van der Waals surface area (Å²) in [6, 6.07) is -0.0409. The maximum atomic E-state index is 12.2. The predicted octanol–water partition coefficient (Wildman–Crippen LogP) is 2.89. The van der Waals surface area contributed by atoms with E-state index in [1.165, 1.54) is 12.8 Å². The third-order valence-corrected chi connectivity index (χ3v) is 4.91. The van der Waals surface area contributed by atoms with Crippen LogP contribution in [0.3, 0.4) is 0 Å². The third kappa shape index (κ3) is 5.09. The van der Waals surface area contributed by atoms with Crippen molar-refractivity contribution in [2.24, 2.45) is 0 Å². The van der Waals surface area contributed by atoms with Gasteiger partial charge in [-0.3, -0.25) is 9.59 Å². The average molecular weight is 323 g/mol. The summed E-state index contributed by atoms with van der Waals surface area (Å²) in [7, 11) is 0. The van der Waals surface area contributed by atoms with E-state index in [9.17, 15) is 9.59 Å². The first-order valence-electron chi connectivity index (χ1n) is 8.17. The van der Waals surface area contributed by atoms with Gasteiger partial charge in [0.1, 0.15) is 5.01 Å². The number of carbonyl (C=O) groups is 2. The summed E-state index contributed by atoms with van der Waals surface area (Å²) in [5.74, 6) is 0.0459. The molecule has 2 rings (SSSR count). The van der Waals surface area contributed by atoms with Crippen LogP contribution in [0.4, 0.5) is 0 Å². The number of thiazole rings is 1. The fraction of sp³-hybridized carbons (Fsp3) is 0.688.